The second-order valence-electron chi connectivity index (χ2n) is 8.47. The minimum atomic E-state index is -4.74. The van der Waals surface area contributed by atoms with Gasteiger partial charge in [0.1, 0.15) is 17.8 Å². The van der Waals surface area contributed by atoms with E-state index in [1.165, 1.54) is 35.3 Å². The van der Waals surface area contributed by atoms with Gasteiger partial charge in [-0.1, -0.05) is 36.4 Å². The first kappa shape index (κ1) is 27.6. The largest absolute Gasteiger partial charge is 0.573 e. The zero-order valence-electron chi connectivity index (χ0n) is 21.2. The van der Waals surface area contributed by atoms with Gasteiger partial charge in [-0.25, -0.2) is 9.67 Å². The zero-order chi connectivity index (χ0) is 28.0. The predicted molar refractivity (Wildman–Crippen MR) is 146 cm³/mol. The summed E-state index contributed by atoms with van der Waals surface area (Å²) in [5.41, 5.74) is 7.06. The molecule has 0 saturated heterocycles. The van der Waals surface area contributed by atoms with Crippen LogP contribution in [0.3, 0.4) is 0 Å². The molecule has 0 bridgehead atoms. The normalized spacial score (nSPS) is 12.3. The third-order valence-electron chi connectivity index (χ3n) is 5.64. The Labute approximate surface area is 228 Å². The number of nitrogens with zero attached hydrogens (tertiary/aromatic N) is 4. The number of halogens is 3. The van der Waals surface area contributed by atoms with Crippen LogP contribution in [-0.4, -0.2) is 39.6 Å². The summed E-state index contributed by atoms with van der Waals surface area (Å²) in [6.07, 6.45) is -1.62. The van der Waals surface area contributed by atoms with Crippen molar-refractivity contribution in [3.63, 3.8) is 0 Å². The molecule has 12 heteroatoms. The summed E-state index contributed by atoms with van der Waals surface area (Å²) in [6.45, 7) is 3.99. The molecule has 1 aromatic heterocycles. The zero-order valence-corrected chi connectivity index (χ0v) is 22.0. The van der Waals surface area contributed by atoms with E-state index in [0.717, 1.165) is 28.0 Å². The maximum Gasteiger partial charge on any atom is 0.573 e. The van der Waals surface area contributed by atoms with Gasteiger partial charge in [0.05, 0.1) is 25.1 Å². The van der Waals surface area contributed by atoms with Crippen molar-refractivity contribution in [2.24, 2.45) is 5.10 Å². The lowest BCUT2D eigenvalue weighted by Crippen LogP contribution is -2.34. The molecule has 0 amide bonds. The maximum atomic E-state index is 12.4. The molecule has 0 aliphatic carbocycles. The van der Waals surface area contributed by atoms with Crippen LogP contribution < -0.4 is 20.2 Å². The molecular weight excluding hydrogens is 529 g/mol. The molecule has 0 radical (unpaired) electrons. The third-order valence-corrected chi connectivity index (χ3v) is 5.85. The molecule has 202 valence electrons. The monoisotopic (exact) mass is 554 g/mol. The quantitative estimate of drug-likeness (QED) is 0.164. The lowest BCUT2D eigenvalue weighted by atomic mass is 10.1. The number of hydrazone groups is 1. The Hall–Kier alpha value is -4.45. The molecule has 39 heavy (non-hydrogen) atoms. The van der Waals surface area contributed by atoms with Crippen molar-refractivity contribution in [3.8, 4) is 28.6 Å². The molecule has 3 aromatic carbocycles. The van der Waals surface area contributed by atoms with E-state index >= 15 is 0 Å². The highest BCUT2D eigenvalue weighted by Gasteiger charge is 2.31. The van der Waals surface area contributed by atoms with Crippen LogP contribution >= 0.6 is 12.2 Å². The molecule has 0 aliphatic heterocycles. The Morgan fingerprint density at radius 3 is 2.44 bits per heavy atom. The Bertz CT molecular complexity index is 1450. The van der Waals surface area contributed by atoms with Gasteiger partial charge in [0, 0.05) is 5.56 Å². The van der Waals surface area contributed by atoms with Gasteiger partial charge < -0.3 is 14.8 Å². The lowest BCUT2D eigenvalue weighted by Gasteiger charge is -2.17. The number of hydrogen-bond donors (Lipinski definition) is 2. The van der Waals surface area contributed by atoms with E-state index in [2.05, 4.69) is 30.7 Å². The maximum absolute atomic E-state index is 12.4. The van der Waals surface area contributed by atoms with Gasteiger partial charge in [0.2, 0.25) is 0 Å². The summed E-state index contributed by atoms with van der Waals surface area (Å²) in [7, 11) is 1.64. The van der Waals surface area contributed by atoms with E-state index in [4.69, 9.17) is 17.0 Å². The highest BCUT2D eigenvalue weighted by molar-refractivity contribution is 7.80. The van der Waals surface area contributed by atoms with Crippen molar-refractivity contribution in [2.45, 2.75) is 26.3 Å². The number of aryl methyl sites for hydroxylation is 1. The Morgan fingerprint density at radius 1 is 1.08 bits per heavy atom. The molecule has 4 aromatic rings. The molecule has 0 spiro atoms. The molecule has 0 aliphatic rings. The standard InChI is InChI=1S/C27H25F3N6O2S/c1-17-14-21(8-13-24(17)37-3)18(2)33-26(39)34-32-15-19-4-6-20(7-5-19)25-31-16-36(35-25)22-9-11-23(12-10-22)38-27(28,29)30/h4-16,18H,1-3H3,(H2,33,34,39). The molecule has 1 unspecified atom stereocenters. The predicted octanol–water partition coefficient (Wildman–Crippen LogP) is 5.71. The summed E-state index contributed by atoms with van der Waals surface area (Å²) < 4.78 is 47.7. The van der Waals surface area contributed by atoms with Crippen molar-refractivity contribution >= 4 is 23.5 Å². The van der Waals surface area contributed by atoms with Crippen LogP contribution in [0.2, 0.25) is 0 Å². The van der Waals surface area contributed by atoms with Crippen LogP contribution in [0, 0.1) is 6.92 Å². The van der Waals surface area contributed by atoms with Gasteiger partial charge in [-0.15, -0.1) is 18.3 Å². The molecule has 0 fully saturated rings. The van der Waals surface area contributed by atoms with Gasteiger partial charge in [-0.2, -0.15) is 5.10 Å². The van der Waals surface area contributed by atoms with Crippen molar-refractivity contribution in [1.29, 1.82) is 0 Å². The number of alkyl halides is 3. The van der Waals surface area contributed by atoms with Gasteiger partial charge in [-0.05, 0) is 73.1 Å². The fourth-order valence-corrected chi connectivity index (χ4v) is 3.92. The number of ether oxygens (including phenoxy) is 2. The highest BCUT2D eigenvalue weighted by atomic mass is 32.1. The molecule has 0 saturated carbocycles. The van der Waals surface area contributed by atoms with Gasteiger partial charge in [0.25, 0.3) is 0 Å². The average molecular weight is 555 g/mol. The van der Waals surface area contributed by atoms with Gasteiger partial charge in [0.15, 0.2) is 10.9 Å². The van der Waals surface area contributed by atoms with Gasteiger partial charge >= 0.3 is 6.36 Å². The SMILES string of the molecule is COc1ccc(C(C)NC(=S)NN=Cc2ccc(-c3ncn(-c4ccc(OC(F)(F)F)cc4)n3)cc2)cc1C. The Kier molecular flexibility index (Phi) is 8.45. The number of nitrogens with one attached hydrogen (secondary N) is 2. The first-order valence-electron chi connectivity index (χ1n) is 11.7. The summed E-state index contributed by atoms with van der Waals surface area (Å²) in [4.78, 5) is 4.29. The summed E-state index contributed by atoms with van der Waals surface area (Å²) >= 11 is 5.35. The van der Waals surface area contributed by atoms with Crippen molar-refractivity contribution in [2.75, 3.05) is 7.11 Å². The second kappa shape index (κ2) is 11.9. The molecular formula is C27H25F3N6O2S. The average Bonchev–Trinajstić information content (AvgIpc) is 3.39. The Morgan fingerprint density at radius 2 is 1.79 bits per heavy atom. The number of hydrogen-bond acceptors (Lipinski definition) is 6. The molecule has 8 nitrogen and oxygen atoms in total. The summed E-state index contributed by atoms with van der Waals surface area (Å²) in [6, 6.07) is 18.7. The fraction of sp³-hybridized carbons (Fsp3) is 0.185. The first-order valence-corrected chi connectivity index (χ1v) is 12.1. The van der Waals surface area contributed by atoms with E-state index in [-0.39, 0.29) is 11.8 Å². The molecule has 2 N–H and O–H groups in total. The fourth-order valence-electron chi connectivity index (χ4n) is 3.69. The smallest absolute Gasteiger partial charge is 0.496 e. The minimum absolute atomic E-state index is 0.0254. The number of methoxy groups -OCH3 is 1. The molecule has 1 heterocycles. The van der Waals surface area contributed by atoms with E-state index in [9.17, 15) is 13.2 Å². The summed E-state index contributed by atoms with van der Waals surface area (Å²) in [5.74, 6) is 0.983. The van der Waals surface area contributed by atoms with Crippen LogP contribution in [0.25, 0.3) is 17.1 Å². The lowest BCUT2D eigenvalue weighted by molar-refractivity contribution is -0.274. The minimum Gasteiger partial charge on any atom is -0.496 e. The van der Waals surface area contributed by atoms with Crippen LogP contribution in [0.5, 0.6) is 11.5 Å². The van der Waals surface area contributed by atoms with E-state index in [0.29, 0.717) is 16.6 Å². The van der Waals surface area contributed by atoms with Crippen molar-refractivity contribution < 1.29 is 22.6 Å². The number of aromatic nitrogens is 3. The van der Waals surface area contributed by atoms with E-state index in [1.54, 1.807) is 13.3 Å². The number of thiocarbonyl (C=S) groups is 1. The summed E-state index contributed by atoms with van der Waals surface area (Å²) in [5, 5.41) is 12.2. The Balaban J connectivity index is 1.31. The van der Waals surface area contributed by atoms with Crippen LogP contribution in [-0.2, 0) is 0 Å². The third kappa shape index (κ3) is 7.54. The van der Waals surface area contributed by atoms with E-state index < -0.39 is 6.36 Å². The molecule has 1 atom stereocenters. The van der Waals surface area contributed by atoms with Crippen LogP contribution in [0.4, 0.5) is 13.2 Å². The van der Waals surface area contributed by atoms with Gasteiger partial charge in [-0.3, -0.25) is 5.43 Å². The van der Waals surface area contributed by atoms with Crippen molar-refractivity contribution in [1.82, 2.24) is 25.5 Å². The molecule has 4 rings (SSSR count). The second-order valence-corrected chi connectivity index (χ2v) is 8.88. The van der Waals surface area contributed by atoms with Crippen molar-refractivity contribution in [3.05, 3.63) is 89.7 Å². The first-order chi connectivity index (χ1) is 18.6. The topological polar surface area (TPSA) is 85.6 Å². The number of rotatable bonds is 8. The van der Waals surface area contributed by atoms with Crippen LogP contribution in [0.1, 0.15) is 29.7 Å². The van der Waals surface area contributed by atoms with Crippen LogP contribution in [0.15, 0.2) is 78.2 Å². The highest BCUT2D eigenvalue weighted by Crippen LogP contribution is 2.24. The number of benzene rings is 3. The van der Waals surface area contributed by atoms with E-state index in [1.807, 2.05) is 56.3 Å².